The van der Waals surface area contributed by atoms with Crippen LogP contribution in [0.5, 0.6) is 0 Å². The van der Waals surface area contributed by atoms with Gasteiger partial charge >= 0.3 is 0 Å². The van der Waals surface area contributed by atoms with Crippen molar-refractivity contribution < 1.29 is 9.59 Å². The van der Waals surface area contributed by atoms with Gasteiger partial charge in [0, 0.05) is 6.54 Å². The summed E-state index contributed by atoms with van der Waals surface area (Å²) in [6, 6.07) is 34.2. The van der Waals surface area contributed by atoms with Gasteiger partial charge < -0.3 is 0 Å². The van der Waals surface area contributed by atoms with E-state index in [0.29, 0.717) is 17.7 Å². The van der Waals surface area contributed by atoms with Crippen LogP contribution in [-0.4, -0.2) is 23.3 Å². The molecular weight excluding hydrogens is 418 g/mol. The Morgan fingerprint density at radius 1 is 0.618 bits per heavy atom. The number of nitrogens with zero attached hydrogens (tertiary/aromatic N) is 1. The maximum Gasteiger partial charge on any atom is 0.261 e. The number of amides is 2. The number of fused-ring (bicyclic) bond motifs is 1. The zero-order chi connectivity index (χ0) is 23.3. The summed E-state index contributed by atoms with van der Waals surface area (Å²) in [5.74, 6) is -0.372. The summed E-state index contributed by atoms with van der Waals surface area (Å²) in [7, 11) is 0. The Morgan fingerprint density at radius 3 is 2.00 bits per heavy atom. The summed E-state index contributed by atoms with van der Waals surface area (Å²) in [5.41, 5.74) is 6.91. The molecule has 1 aliphatic heterocycles. The highest BCUT2D eigenvalue weighted by molar-refractivity contribution is 6.21. The minimum atomic E-state index is -0.186. The van der Waals surface area contributed by atoms with E-state index < -0.39 is 0 Å². The van der Waals surface area contributed by atoms with Gasteiger partial charge in [-0.2, -0.15) is 0 Å². The van der Waals surface area contributed by atoms with Gasteiger partial charge in [0.25, 0.3) is 11.8 Å². The fourth-order valence-corrected chi connectivity index (χ4v) is 4.44. The van der Waals surface area contributed by atoms with Crippen molar-refractivity contribution in [1.29, 1.82) is 0 Å². The first-order valence-corrected chi connectivity index (χ1v) is 11.6. The van der Waals surface area contributed by atoms with Gasteiger partial charge in [-0.3, -0.25) is 14.5 Å². The predicted molar refractivity (Wildman–Crippen MR) is 137 cm³/mol. The van der Waals surface area contributed by atoms with Gasteiger partial charge in [-0.05, 0) is 52.8 Å². The van der Waals surface area contributed by atoms with Gasteiger partial charge in [-0.25, -0.2) is 0 Å². The first-order valence-electron chi connectivity index (χ1n) is 11.6. The number of carbonyl (C=O) groups is 2. The minimum Gasteiger partial charge on any atom is -0.274 e. The molecule has 0 aliphatic carbocycles. The van der Waals surface area contributed by atoms with Crippen molar-refractivity contribution in [3.05, 3.63) is 131 Å². The Morgan fingerprint density at radius 2 is 1.26 bits per heavy atom. The number of imide groups is 1. The van der Waals surface area contributed by atoms with E-state index in [1.54, 1.807) is 24.3 Å². The van der Waals surface area contributed by atoms with Gasteiger partial charge in [0.05, 0.1) is 11.1 Å². The molecule has 5 rings (SSSR count). The lowest BCUT2D eigenvalue weighted by Gasteiger charge is -2.13. The molecule has 0 radical (unpaired) electrons. The molecule has 0 unspecified atom stereocenters. The van der Waals surface area contributed by atoms with Gasteiger partial charge in [0.2, 0.25) is 0 Å². The van der Waals surface area contributed by atoms with Crippen molar-refractivity contribution in [3.8, 4) is 11.1 Å². The van der Waals surface area contributed by atoms with Gasteiger partial charge in [0.15, 0.2) is 0 Å². The molecule has 1 heterocycles. The van der Waals surface area contributed by atoms with Crippen LogP contribution in [0.15, 0.2) is 103 Å². The molecule has 0 fully saturated rings. The molecule has 0 spiro atoms. The van der Waals surface area contributed by atoms with Crippen molar-refractivity contribution in [2.75, 3.05) is 6.54 Å². The highest BCUT2D eigenvalue weighted by Gasteiger charge is 2.34. The third-order valence-electron chi connectivity index (χ3n) is 6.18. The average molecular weight is 444 g/mol. The van der Waals surface area contributed by atoms with E-state index in [0.717, 1.165) is 18.4 Å². The van der Waals surface area contributed by atoms with Gasteiger partial charge in [-0.15, -0.1) is 0 Å². The molecule has 0 aromatic heterocycles. The molecule has 3 heteroatoms. The van der Waals surface area contributed by atoms with Crippen LogP contribution in [0.3, 0.4) is 0 Å². The quantitative estimate of drug-likeness (QED) is 0.234. The molecule has 0 atom stereocenters. The molecule has 0 bridgehead atoms. The molecule has 2 amide bonds. The van der Waals surface area contributed by atoms with Gasteiger partial charge in [0.1, 0.15) is 0 Å². The molecule has 3 nitrogen and oxygen atoms in total. The number of carbonyl (C=O) groups excluding carboxylic acids is 2. The van der Waals surface area contributed by atoms with Crippen LogP contribution in [0.25, 0.3) is 23.3 Å². The Labute approximate surface area is 200 Å². The number of aryl methyl sites for hydroxylation is 1. The van der Waals surface area contributed by atoms with Crippen molar-refractivity contribution in [3.63, 3.8) is 0 Å². The largest absolute Gasteiger partial charge is 0.274 e. The van der Waals surface area contributed by atoms with Crippen molar-refractivity contribution in [2.45, 2.75) is 12.8 Å². The van der Waals surface area contributed by atoms with Crippen LogP contribution >= 0.6 is 0 Å². The van der Waals surface area contributed by atoms with Crippen LogP contribution in [0.1, 0.15) is 43.8 Å². The summed E-state index contributed by atoms with van der Waals surface area (Å²) < 4.78 is 0. The summed E-state index contributed by atoms with van der Waals surface area (Å²) in [4.78, 5) is 26.5. The van der Waals surface area contributed by atoms with Gasteiger partial charge in [-0.1, -0.05) is 103 Å². The third kappa shape index (κ3) is 4.46. The molecule has 4 aromatic rings. The fourth-order valence-electron chi connectivity index (χ4n) is 4.44. The smallest absolute Gasteiger partial charge is 0.261 e. The van der Waals surface area contributed by atoms with Crippen molar-refractivity contribution in [2.24, 2.45) is 0 Å². The molecule has 34 heavy (non-hydrogen) atoms. The molecule has 0 saturated heterocycles. The second kappa shape index (κ2) is 9.72. The monoisotopic (exact) mass is 443 g/mol. The maximum atomic E-state index is 12.5. The molecule has 1 aliphatic rings. The second-order valence-corrected chi connectivity index (χ2v) is 8.44. The zero-order valence-electron chi connectivity index (χ0n) is 18.9. The standard InChI is InChI=1S/C31H25NO2/c33-30-28-17-6-7-18-29(28)31(34)32(30)21-9-12-23-10-8-11-24(22-23)19-20-26-15-4-5-16-27(26)25-13-2-1-3-14-25/h1-8,10-11,13-20,22H,9,12,21H2. The molecule has 0 N–H and O–H groups in total. The SMILES string of the molecule is O=C1c2ccccc2C(=O)N1CCCc1cccc(C=Cc2ccccc2-c2ccccc2)c1. The lowest BCUT2D eigenvalue weighted by molar-refractivity contribution is 0.0652. The summed E-state index contributed by atoms with van der Waals surface area (Å²) in [6.45, 7) is 0.427. The van der Waals surface area contributed by atoms with E-state index in [9.17, 15) is 9.59 Å². The first kappa shape index (κ1) is 21.6. The Balaban J connectivity index is 1.25. The third-order valence-corrected chi connectivity index (χ3v) is 6.18. The minimum absolute atomic E-state index is 0.186. The van der Waals surface area contributed by atoms with Crippen LogP contribution < -0.4 is 0 Å². The summed E-state index contributed by atoms with van der Waals surface area (Å²) in [5, 5.41) is 0. The Bertz CT molecular complexity index is 1340. The van der Waals surface area contributed by atoms with Crippen LogP contribution in [0.2, 0.25) is 0 Å². The fraction of sp³-hybridized carbons (Fsp3) is 0.0968. The van der Waals surface area contributed by atoms with E-state index >= 15 is 0 Å². The molecular formula is C31H25NO2. The zero-order valence-corrected chi connectivity index (χ0v) is 18.9. The lowest BCUT2D eigenvalue weighted by atomic mass is 9.98. The van der Waals surface area contributed by atoms with Crippen molar-refractivity contribution in [1.82, 2.24) is 4.90 Å². The number of hydrogen-bond donors (Lipinski definition) is 0. The predicted octanol–water partition coefficient (Wildman–Crippen LogP) is 6.75. The van der Waals surface area contributed by atoms with E-state index in [2.05, 4.69) is 84.9 Å². The van der Waals surface area contributed by atoms with E-state index in [1.165, 1.54) is 27.2 Å². The van der Waals surface area contributed by atoms with Crippen molar-refractivity contribution >= 4 is 24.0 Å². The normalized spacial score (nSPS) is 13.0. The highest BCUT2D eigenvalue weighted by atomic mass is 16.2. The first-order chi connectivity index (χ1) is 16.7. The number of hydrogen-bond acceptors (Lipinski definition) is 2. The van der Waals surface area contributed by atoms with Crippen LogP contribution in [-0.2, 0) is 6.42 Å². The van der Waals surface area contributed by atoms with E-state index in [1.807, 2.05) is 6.07 Å². The van der Waals surface area contributed by atoms with Crippen LogP contribution in [0.4, 0.5) is 0 Å². The molecule has 0 saturated carbocycles. The summed E-state index contributed by atoms with van der Waals surface area (Å²) in [6.07, 6.45) is 5.82. The molecule has 166 valence electrons. The maximum absolute atomic E-state index is 12.5. The second-order valence-electron chi connectivity index (χ2n) is 8.44. The Hall–Kier alpha value is -4.24. The molecule has 4 aromatic carbocycles. The topological polar surface area (TPSA) is 37.4 Å². The summed E-state index contributed by atoms with van der Waals surface area (Å²) >= 11 is 0. The highest BCUT2D eigenvalue weighted by Crippen LogP contribution is 2.26. The van der Waals surface area contributed by atoms with Crippen LogP contribution in [0, 0.1) is 0 Å². The number of rotatable bonds is 7. The average Bonchev–Trinajstić information content (AvgIpc) is 3.13. The van der Waals surface area contributed by atoms with E-state index in [4.69, 9.17) is 0 Å². The number of benzene rings is 4. The van der Waals surface area contributed by atoms with E-state index in [-0.39, 0.29) is 11.8 Å². The Kier molecular flexibility index (Phi) is 6.17. The lowest BCUT2D eigenvalue weighted by Crippen LogP contribution is -2.30.